The number of halogens is 1. The van der Waals surface area contributed by atoms with Gasteiger partial charge in [-0.25, -0.2) is 34.3 Å². The molecule has 1 N–H and O–H groups in total. The third-order valence-corrected chi connectivity index (χ3v) is 9.64. The minimum absolute atomic E-state index is 0.0566. The molecule has 7 rings (SSSR count). The zero-order valence-corrected chi connectivity index (χ0v) is 28.9. The number of rotatable bonds is 11. The second-order valence-corrected chi connectivity index (χ2v) is 12.5. The smallest absolute Gasteiger partial charge is 0.332 e. The van der Waals surface area contributed by atoms with Crippen molar-refractivity contribution in [2.24, 2.45) is 0 Å². The highest BCUT2D eigenvalue weighted by Crippen LogP contribution is 2.37. The first kappa shape index (κ1) is 34.0. The Morgan fingerprint density at radius 1 is 1.06 bits per heavy atom. The number of anilines is 3. The highest BCUT2D eigenvalue weighted by molar-refractivity contribution is 6.33. The van der Waals surface area contributed by atoms with Crippen molar-refractivity contribution in [3.63, 3.8) is 0 Å². The van der Waals surface area contributed by atoms with Gasteiger partial charge in [0.2, 0.25) is 5.91 Å². The summed E-state index contributed by atoms with van der Waals surface area (Å²) in [5.74, 6) is 1.11. The quantitative estimate of drug-likeness (QED) is 0.177. The minimum atomic E-state index is -0.730. The fraction of sp³-hybridized carbons (Fsp3) is 0.382. The van der Waals surface area contributed by atoms with Crippen LogP contribution in [0.5, 0.6) is 0 Å². The summed E-state index contributed by atoms with van der Waals surface area (Å²) in [6, 6.07) is 7.65. The fourth-order valence-electron chi connectivity index (χ4n) is 6.54. The Balaban J connectivity index is 0.898. The Hall–Kier alpha value is -5.50. The topological polar surface area (TPSA) is 185 Å². The molecule has 2 fully saturated rings. The van der Waals surface area contributed by atoms with Gasteiger partial charge in [-0.2, -0.15) is 5.26 Å². The first-order valence-electron chi connectivity index (χ1n) is 16.5. The summed E-state index contributed by atoms with van der Waals surface area (Å²) in [6.07, 6.45) is 3.36. The second kappa shape index (κ2) is 14.0. The monoisotopic (exact) mass is 711 g/mol. The van der Waals surface area contributed by atoms with Crippen molar-refractivity contribution >= 4 is 46.8 Å². The molecule has 3 aliphatic rings. The molecule has 51 heavy (non-hydrogen) atoms. The van der Waals surface area contributed by atoms with Gasteiger partial charge in [0.25, 0.3) is 5.91 Å². The molecule has 0 radical (unpaired) electrons. The average Bonchev–Trinajstić information content (AvgIpc) is 3.84. The number of nitrogens with one attached hydrogen (secondary N) is 1. The zero-order valence-electron chi connectivity index (χ0n) is 28.2. The standard InChI is InChI=1S/C34H34ClN11O5/c1-4-44-27(47)17-38-31-32(44)41-24(16-37-31)22-6-7-23(40-20(22)3)30-39-18-43(42-30)11-12-50-13-14-51-26-9-10-45-29(26)33(48)46(34(45)49)25-8-5-21(15-36)28(35)19(25)2/h5-8,16,18,26,29H,4,9-14,17H2,1-3H3,(H,37,38)/t26-,29+/m1/s1. The van der Waals surface area contributed by atoms with Crippen molar-refractivity contribution in [2.75, 3.05) is 54.6 Å². The van der Waals surface area contributed by atoms with Gasteiger partial charge < -0.3 is 19.7 Å². The van der Waals surface area contributed by atoms with Gasteiger partial charge >= 0.3 is 6.03 Å². The van der Waals surface area contributed by atoms with Gasteiger partial charge in [0, 0.05) is 24.3 Å². The number of nitriles is 1. The molecule has 6 heterocycles. The third-order valence-electron chi connectivity index (χ3n) is 9.16. The molecule has 4 amide bonds. The van der Waals surface area contributed by atoms with E-state index in [-0.39, 0.29) is 42.2 Å². The van der Waals surface area contributed by atoms with Crippen LogP contribution < -0.4 is 15.1 Å². The number of carbonyl (C=O) groups excluding carboxylic acids is 3. The van der Waals surface area contributed by atoms with E-state index in [1.165, 1.54) is 11.0 Å². The minimum Gasteiger partial charge on any atom is -0.377 e. The molecule has 0 spiro atoms. The number of benzene rings is 1. The number of amides is 4. The predicted octanol–water partition coefficient (Wildman–Crippen LogP) is 3.36. The number of urea groups is 1. The van der Waals surface area contributed by atoms with Crippen molar-refractivity contribution in [1.82, 2.24) is 34.6 Å². The summed E-state index contributed by atoms with van der Waals surface area (Å²) >= 11 is 6.31. The van der Waals surface area contributed by atoms with Crippen molar-refractivity contribution in [3.05, 3.63) is 58.6 Å². The van der Waals surface area contributed by atoms with E-state index in [0.717, 1.165) is 16.2 Å². The first-order valence-corrected chi connectivity index (χ1v) is 16.9. The van der Waals surface area contributed by atoms with Crippen molar-refractivity contribution in [2.45, 2.75) is 45.9 Å². The second-order valence-electron chi connectivity index (χ2n) is 12.2. The summed E-state index contributed by atoms with van der Waals surface area (Å²) in [7, 11) is 0. The Bertz CT molecular complexity index is 2080. The van der Waals surface area contributed by atoms with Gasteiger partial charge in [0.05, 0.1) is 67.2 Å². The van der Waals surface area contributed by atoms with Crippen molar-refractivity contribution in [1.29, 1.82) is 5.26 Å². The first-order chi connectivity index (χ1) is 24.7. The van der Waals surface area contributed by atoms with E-state index in [1.54, 1.807) is 35.1 Å². The van der Waals surface area contributed by atoms with E-state index >= 15 is 0 Å². The van der Waals surface area contributed by atoms with Crippen LogP contribution in [0.3, 0.4) is 0 Å². The van der Waals surface area contributed by atoms with Crippen LogP contribution in [-0.2, 0) is 25.6 Å². The maximum atomic E-state index is 13.4. The van der Waals surface area contributed by atoms with Crippen molar-refractivity contribution < 1.29 is 23.9 Å². The maximum Gasteiger partial charge on any atom is 0.332 e. The van der Waals surface area contributed by atoms with E-state index in [1.807, 2.05) is 32.0 Å². The molecule has 2 saturated heterocycles. The Morgan fingerprint density at radius 2 is 1.90 bits per heavy atom. The lowest BCUT2D eigenvalue weighted by Crippen LogP contribution is -2.40. The molecule has 2 atom stereocenters. The number of imide groups is 1. The average molecular weight is 712 g/mol. The fourth-order valence-corrected chi connectivity index (χ4v) is 6.74. The number of nitrogens with zero attached hydrogens (tertiary/aromatic N) is 10. The molecular formula is C34H34ClN11O5. The molecule has 262 valence electrons. The number of aryl methyl sites for hydroxylation is 1. The van der Waals surface area contributed by atoms with E-state index in [0.29, 0.717) is 72.8 Å². The summed E-state index contributed by atoms with van der Waals surface area (Å²) in [4.78, 5) is 61.5. The van der Waals surface area contributed by atoms with Crippen LogP contribution in [0.1, 0.15) is 30.2 Å². The Labute approximate surface area is 298 Å². The van der Waals surface area contributed by atoms with Gasteiger partial charge in [-0.15, -0.1) is 5.10 Å². The molecule has 3 aromatic heterocycles. The highest BCUT2D eigenvalue weighted by Gasteiger charge is 2.53. The number of hydrogen-bond acceptors (Lipinski definition) is 12. The van der Waals surface area contributed by atoms with Gasteiger partial charge in [0.15, 0.2) is 17.5 Å². The van der Waals surface area contributed by atoms with Gasteiger partial charge in [-0.05, 0) is 57.0 Å². The van der Waals surface area contributed by atoms with Crippen molar-refractivity contribution in [3.8, 4) is 28.8 Å². The lowest BCUT2D eigenvalue weighted by atomic mass is 10.1. The molecule has 17 heteroatoms. The van der Waals surface area contributed by atoms with Crippen LogP contribution in [0.2, 0.25) is 5.02 Å². The molecule has 0 aliphatic carbocycles. The molecule has 0 bridgehead atoms. The van der Waals surface area contributed by atoms with E-state index < -0.39 is 18.2 Å². The number of ether oxygens (including phenoxy) is 2. The van der Waals surface area contributed by atoms with E-state index in [2.05, 4.69) is 20.4 Å². The number of pyridine rings is 1. The third kappa shape index (κ3) is 6.24. The molecule has 0 saturated carbocycles. The summed E-state index contributed by atoms with van der Waals surface area (Å²) < 4.78 is 13.5. The van der Waals surface area contributed by atoms with Gasteiger partial charge in [-0.1, -0.05) is 11.6 Å². The molecular weight excluding hydrogens is 678 g/mol. The highest BCUT2D eigenvalue weighted by atomic mass is 35.5. The Kier molecular flexibility index (Phi) is 9.34. The lowest BCUT2D eigenvalue weighted by molar-refractivity contribution is -0.123. The Morgan fingerprint density at radius 3 is 2.69 bits per heavy atom. The van der Waals surface area contributed by atoms with Crippen LogP contribution in [0.25, 0.3) is 22.8 Å². The predicted molar refractivity (Wildman–Crippen MR) is 185 cm³/mol. The number of fused-ring (bicyclic) bond motifs is 2. The maximum absolute atomic E-state index is 13.4. The molecule has 0 unspecified atom stereocenters. The SMILES string of the molecule is CCN1C(=O)CNc2ncc(-c3ccc(-c4ncn(CCOCCO[C@@H]5CCN6C(=O)N(c7ccc(C#N)c(Cl)c7C)C(=O)[C@H]56)n4)nc3C)nc21. The van der Waals surface area contributed by atoms with Crippen LogP contribution in [-0.4, -0.2) is 104 Å². The molecule has 16 nitrogen and oxygen atoms in total. The van der Waals surface area contributed by atoms with Crippen LogP contribution in [0, 0.1) is 25.2 Å². The number of likely N-dealkylation sites (N-methyl/N-ethyl adjacent to an activating group) is 1. The molecule has 4 aromatic rings. The summed E-state index contributed by atoms with van der Waals surface area (Å²) in [5, 5.41) is 17.0. The zero-order chi connectivity index (χ0) is 35.8. The number of hydrogen-bond donors (Lipinski definition) is 1. The molecule has 1 aromatic carbocycles. The van der Waals surface area contributed by atoms with Crippen LogP contribution in [0.4, 0.5) is 22.1 Å². The largest absolute Gasteiger partial charge is 0.377 e. The van der Waals surface area contributed by atoms with E-state index in [4.69, 9.17) is 31.0 Å². The lowest BCUT2D eigenvalue weighted by Gasteiger charge is -2.27. The van der Waals surface area contributed by atoms with Crippen LogP contribution in [0.15, 0.2) is 36.8 Å². The van der Waals surface area contributed by atoms with E-state index in [9.17, 15) is 19.6 Å². The summed E-state index contributed by atoms with van der Waals surface area (Å²) in [6.45, 7) is 7.87. The number of carbonyl (C=O) groups is 3. The van der Waals surface area contributed by atoms with Gasteiger partial charge in [-0.3, -0.25) is 14.5 Å². The molecule has 3 aliphatic heterocycles. The summed E-state index contributed by atoms with van der Waals surface area (Å²) in [5.41, 5.74) is 3.85. The van der Waals surface area contributed by atoms with Gasteiger partial charge in [0.1, 0.15) is 24.1 Å². The number of aromatic nitrogens is 6. The normalized spacial score (nSPS) is 18.3. The van der Waals surface area contributed by atoms with Crippen LogP contribution >= 0.6 is 11.6 Å².